The average molecular weight is 259 g/mol. The summed E-state index contributed by atoms with van der Waals surface area (Å²) < 4.78 is 19.0. The van der Waals surface area contributed by atoms with Gasteiger partial charge in [-0.2, -0.15) is 0 Å². The smallest absolute Gasteiger partial charge is 0.128 e. The second-order valence-corrected chi connectivity index (χ2v) is 4.36. The fourth-order valence-electron chi connectivity index (χ4n) is 1.93. The Hall–Kier alpha value is -1.71. The van der Waals surface area contributed by atoms with E-state index in [-0.39, 0.29) is 18.5 Å². The lowest BCUT2D eigenvalue weighted by Crippen LogP contribution is -2.21. The van der Waals surface area contributed by atoms with Crippen LogP contribution in [0.5, 0.6) is 0 Å². The van der Waals surface area contributed by atoms with E-state index in [1.807, 2.05) is 43.4 Å². The van der Waals surface area contributed by atoms with Crippen LogP contribution in [0.4, 0.5) is 4.39 Å². The number of rotatable bonds is 6. The SMILES string of the molecule is CNC(COCc1ccccc1F)c1ccccc1. The Balaban J connectivity index is 1.89. The third kappa shape index (κ3) is 3.88. The quantitative estimate of drug-likeness (QED) is 0.859. The molecule has 1 atom stereocenters. The minimum Gasteiger partial charge on any atom is -0.375 e. The van der Waals surface area contributed by atoms with Crippen molar-refractivity contribution in [1.82, 2.24) is 5.32 Å². The number of benzene rings is 2. The summed E-state index contributed by atoms with van der Waals surface area (Å²) in [4.78, 5) is 0. The van der Waals surface area contributed by atoms with Crippen LogP contribution in [0.15, 0.2) is 54.6 Å². The Bertz CT molecular complexity index is 501. The van der Waals surface area contributed by atoms with E-state index in [9.17, 15) is 4.39 Å². The molecule has 19 heavy (non-hydrogen) atoms. The number of hydrogen-bond acceptors (Lipinski definition) is 2. The third-order valence-electron chi connectivity index (χ3n) is 3.05. The van der Waals surface area contributed by atoms with Crippen LogP contribution < -0.4 is 5.32 Å². The van der Waals surface area contributed by atoms with Gasteiger partial charge in [-0.25, -0.2) is 4.39 Å². The van der Waals surface area contributed by atoms with E-state index in [0.717, 1.165) is 0 Å². The lowest BCUT2D eigenvalue weighted by Gasteiger charge is -2.17. The molecule has 0 radical (unpaired) electrons. The first-order valence-corrected chi connectivity index (χ1v) is 6.34. The molecule has 0 heterocycles. The molecule has 2 nitrogen and oxygen atoms in total. The number of halogens is 1. The van der Waals surface area contributed by atoms with Crippen LogP contribution in [0.2, 0.25) is 0 Å². The van der Waals surface area contributed by atoms with Crippen LogP contribution in [-0.4, -0.2) is 13.7 Å². The van der Waals surface area contributed by atoms with Gasteiger partial charge in [0.15, 0.2) is 0 Å². The third-order valence-corrected chi connectivity index (χ3v) is 3.05. The standard InChI is InChI=1S/C16H18FNO/c1-18-16(13-7-3-2-4-8-13)12-19-11-14-9-5-6-10-15(14)17/h2-10,16,18H,11-12H2,1H3. The van der Waals surface area contributed by atoms with E-state index in [2.05, 4.69) is 5.32 Å². The summed E-state index contributed by atoms with van der Waals surface area (Å²) in [6.45, 7) is 0.798. The Morgan fingerprint density at radius 1 is 1.05 bits per heavy atom. The molecule has 0 aliphatic heterocycles. The highest BCUT2D eigenvalue weighted by molar-refractivity contribution is 5.19. The summed E-state index contributed by atoms with van der Waals surface area (Å²) >= 11 is 0. The Labute approximate surface area is 113 Å². The molecule has 0 saturated heterocycles. The van der Waals surface area contributed by atoms with Crippen LogP contribution in [0, 0.1) is 5.82 Å². The van der Waals surface area contributed by atoms with E-state index >= 15 is 0 Å². The van der Waals surface area contributed by atoms with Crippen molar-refractivity contribution >= 4 is 0 Å². The highest BCUT2D eigenvalue weighted by atomic mass is 19.1. The highest BCUT2D eigenvalue weighted by Crippen LogP contribution is 2.14. The fraction of sp³-hybridized carbons (Fsp3) is 0.250. The molecule has 0 aromatic heterocycles. The van der Waals surface area contributed by atoms with Crippen molar-refractivity contribution in [3.8, 4) is 0 Å². The van der Waals surface area contributed by atoms with E-state index in [4.69, 9.17) is 4.74 Å². The summed E-state index contributed by atoms with van der Waals surface area (Å²) in [6.07, 6.45) is 0. The molecule has 0 aliphatic rings. The largest absolute Gasteiger partial charge is 0.375 e. The van der Waals surface area contributed by atoms with Crippen molar-refractivity contribution in [3.05, 3.63) is 71.5 Å². The zero-order valence-corrected chi connectivity index (χ0v) is 11.0. The number of hydrogen-bond donors (Lipinski definition) is 1. The summed E-state index contributed by atoms with van der Waals surface area (Å²) in [5.41, 5.74) is 1.75. The van der Waals surface area contributed by atoms with E-state index in [0.29, 0.717) is 12.2 Å². The van der Waals surface area contributed by atoms with Gasteiger partial charge in [-0.3, -0.25) is 0 Å². The van der Waals surface area contributed by atoms with Crippen molar-refractivity contribution in [2.24, 2.45) is 0 Å². The summed E-state index contributed by atoms with van der Waals surface area (Å²) in [6, 6.07) is 16.9. The molecule has 1 N–H and O–H groups in total. The molecule has 2 aromatic carbocycles. The topological polar surface area (TPSA) is 21.3 Å². The van der Waals surface area contributed by atoms with Crippen LogP contribution in [0.1, 0.15) is 17.2 Å². The van der Waals surface area contributed by atoms with E-state index < -0.39 is 0 Å². The number of likely N-dealkylation sites (N-methyl/N-ethyl adjacent to an activating group) is 1. The Kier molecular flexibility index (Phi) is 5.07. The first-order chi connectivity index (χ1) is 9.31. The molecule has 100 valence electrons. The van der Waals surface area contributed by atoms with Crippen LogP contribution in [0.3, 0.4) is 0 Å². The predicted molar refractivity (Wildman–Crippen MR) is 74.3 cm³/mol. The van der Waals surface area contributed by atoms with Gasteiger partial charge < -0.3 is 10.1 Å². The van der Waals surface area contributed by atoms with Gasteiger partial charge in [-0.05, 0) is 18.7 Å². The van der Waals surface area contributed by atoms with Crippen LogP contribution in [0.25, 0.3) is 0 Å². The molecule has 3 heteroatoms. The maximum Gasteiger partial charge on any atom is 0.128 e. The van der Waals surface area contributed by atoms with E-state index in [1.165, 1.54) is 11.6 Å². The molecular formula is C16H18FNO. The van der Waals surface area contributed by atoms with Gasteiger partial charge >= 0.3 is 0 Å². The predicted octanol–water partition coefficient (Wildman–Crippen LogP) is 3.30. The first-order valence-electron chi connectivity index (χ1n) is 6.34. The first kappa shape index (κ1) is 13.7. The molecule has 0 amide bonds. The van der Waals surface area contributed by atoms with Gasteiger partial charge in [-0.1, -0.05) is 48.5 Å². The molecule has 2 aromatic rings. The molecule has 0 spiro atoms. The average Bonchev–Trinajstić information content (AvgIpc) is 2.46. The van der Waals surface area contributed by atoms with Crippen molar-refractivity contribution in [2.45, 2.75) is 12.6 Å². The summed E-state index contributed by atoms with van der Waals surface area (Å²) in [7, 11) is 1.89. The van der Waals surface area contributed by atoms with Crippen molar-refractivity contribution < 1.29 is 9.13 Å². The van der Waals surface area contributed by atoms with Gasteiger partial charge in [0.25, 0.3) is 0 Å². The number of nitrogens with one attached hydrogen (secondary N) is 1. The molecule has 0 bridgehead atoms. The maximum absolute atomic E-state index is 13.4. The van der Waals surface area contributed by atoms with Crippen molar-refractivity contribution in [2.75, 3.05) is 13.7 Å². The molecule has 1 unspecified atom stereocenters. The Morgan fingerprint density at radius 2 is 1.74 bits per heavy atom. The lowest BCUT2D eigenvalue weighted by molar-refractivity contribution is 0.0985. The lowest BCUT2D eigenvalue weighted by atomic mass is 10.1. The van der Waals surface area contributed by atoms with Crippen LogP contribution >= 0.6 is 0 Å². The second kappa shape index (κ2) is 7.02. The van der Waals surface area contributed by atoms with Gasteiger partial charge in [0.2, 0.25) is 0 Å². The zero-order chi connectivity index (χ0) is 13.5. The second-order valence-electron chi connectivity index (χ2n) is 4.36. The minimum atomic E-state index is -0.219. The van der Waals surface area contributed by atoms with Gasteiger partial charge in [0.05, 0.1) is 19.3 Å². The maximum atomic E-state index is 13.4. The molecule has 2 rings (SSSR count). The minimum absolute atomic E-state index is 0.118. The Morgan fingerprint density at radius 3 is 2.42 bits per heavy atom. The normalized spacial score (nSPS) is 12.3. The van der Waals surface area contributed by atoms with Crippen molar-refractivity contribution in [3.63, 3.8) is 0 Å². The van der Waals surface area contributed by atoms with Crippen molar-refractivity contribution in [1.29, 1.82) is 0 Å². The van der Waals surface area contributed by atoms with Crippen LogP contribution in [-0.2, 0) is 11.3 Å². The summed E-state index contributed by atoms with van der Waals surface area (Å²) in [5, 5.41) is 3.20. The zero-order valence-electron chi connectivity index (χ0n) is 11.0. The molecule has 0 aliphatic carbocycles. The van der Waals surface area contributed by atoms with Gasteiger partial charge in [0, 0.05) is 5.56 Å². The molecule has 0 saturated carbocycles. The summed E-state index contributed by atoms with van der Waals surface area (Å²) in [5.74, 6) is -0.219. The van der Waals surface area contributed by atoms with E-state index in [1.54, 1.807) is 12.1 Å². The highest BCUT2D eigenvalue weighted by Gasteiger charge is 2.09. The monoisotopic (exact) mass is 259 g/mol. The van der Waals surface area contributed by atoms with Gasteiger partial charge in [0.1, 0.15) is 5.82 Å². The van der Waals surface area contributed by atoms with Gasteiger partial charge in [-0.15, -0.1) is 0 Å². The molecular weight excluding hydrogens is 241 g/mol. The number of ether oxygens (including phenoxy) is 1. The fourth-order valence-corrected chi connectivity index (χ4v) is 1.93. The molecule has 0 fully saturated rings.